The van der Waals surface area contributed by atoms with Crippen molar-refractivity contribution in [2.75, 3.05) is 7.11 Å². The van der Waals surface area contributed by atoms with Crippen LogP contribution in [-0.4, -0.2) is 17.9 Å². The van der Waals surface area contributed by atoms with Crippen LogP contribution in [0, 0.1) is 11.3 Å². The topological polar surface area (TPSA) is 63.0 Å². The van der Waals surface area contributed by atoms with E-state index in [1.807, 2.05) is 6.07 Å². The van der Waals surface area contributed by atoms with Crippen LogP contribution in [0.3, 0.4) is 0 Å². The zero-order chi connectivity index (χ0) is 9.84. The van der Waals surface area contributed by atoms with E-state index in [2.05, 4.69) is 4.98 Å². The van der Waals surface area contributed by atoms with Gasteiger partial charge in [-0.2, -0.15) is 5.26 Å². The fourth-order valence-corrected chi connectivity index (χ4v) is 0.877. The van der Waals surface area contributed by atoms with Crippen molar-refractivity contribution in [1.29, 1.82) is 5.26 Å². The third kappa shape index (κ3) is 1.82. The maximum absolute atomic E-state index is 10.9. The number of nitrogens with zero attached hydrogens (tertiary/aromatic N) is 2. The Morgan fingerprint density at radius 1 is 1.62 bits per heavy atom. The van der Waals surface area contributed by atoms with Crippen molar-refractivity contribution in [3.05, 3.63) is 23.4 Å². The number of ether oxygens (including phenoxy) is 1. The summed E-state index contributed by atoms with van der Waals surface area (Å²) in [4.78, 5) is 14.8. The van der Waals surface area contributed by atoms with Crippen LogP contribution < -0.4 is 4.74 Å². The molecule has 1 aromatic rings. The zero-order valence-corrected chi connectivity index (χ0v) is 7.37. The molecule has 0 spiro atoms. The Balaban J connectivity index is 3.23. The molecule has 1 aromatic heterocycles. The third-order valence-electron chi connectivity index (χ3n) is 1.53. The van der Waals surface area contributed by atoms with Gasteiger partial charge in [0.15, 0.2) is 5.78 Å². The van der Waals surface area contributed by atoms with Gasteiger partial charge < -0.3 is 4.74 Å². The minimum atomic E-state index is -0.150. The number of carbonyl (C=O) groups is 1. The van der Waals surface area contributed by atoms with Crippen LogP contribution in [0.5, 0.6) is 5.88 Å². The highest BCUT2D eigenvalue weighted by Crippen LogP contribution is 2.14. The molecule has 1 heterocycles. The molecule has 0 amide bonds. The summed E-state index contributed by atoms with van der Waals surface area (Å²) in [5.74, 6) is 0.0398. The molecule has 0 N–H and O–H groups in total. The number of nitriles is 1. The van der Waals surface area contributed by atoms with Crippen LogP contribution in [0.25, 0.3) is 0 Å². The number of ketones is 1. The first-order chi connectivity index (χ1) is 6.19. The Morgan fingerprint density at radius 3 is 2.77 bits per heavy atom. The van der Waals surface area contributed by atoms with E-state index in [1.165, 1.54) is 26.2 Å². The number of carbonyl (C=O) groups excluding carboxylic acids is 1. The number of Topliss-reactive ketones (excluding diaryl/α,β-unsaturated/α-hetero) is 1. The maximum Gasteiger partial charge on any atom is 0.232 e. The van der Waals surface area contributed by atoms with Gasteiger partial charge >= 0.3 is 0 Å². The molecule has 0 unspecified atom stereocenters. The Labute approximate surface area is 75.8 Å². The molecule has 0 radical (unpaired) electrons. The first-order valence-corrected chi connectivity index (χ1v) is 3.65. The summed E-state index contributed by atoms with van der Waals surface area (Å²) in [7, 11) is 1.41. The Morgan fingerprint density at radius 2 is 2.31 bits per heavy atom. The first kappa shape index (κ1) is 9.20. The van der Waals surface area contributed by atoms with Gasteiger partial charge in [0.1, 0.15) is 17.3 Å². The Hall–Kier alpha value is -1.89. The highest BCUT2D eigenvalue weighted by atomic mass is 16.5. The molecule has 0 saturated carbocycles. The van der Waals surface area contributed by atoms with Gasteiger partial charge in [-0.05, 0) is 12.1 Å². The first-order valence-electron chi connectivity index (χ1n) is 3.65. The van der Waals surface area contributed by atoms with Gasteiger partial charge in [0.25, 0.3) is 0 Å². The van der Waals surface area contributed by atoms with Gasteiger partial charge in [-0.3, -0.25) is 4.79 Å². The number of methoxy groups -OCH3 is 1. The van der Waals surface area contributed by atoms with E-state index < -0.39 is 0 Å². The minimum absolute atomic E-state index is 0.150. The zero-order valence-electron chi connectivity index (χ0n) is 7.37. The molecule has 0 saturated heterocycles. The quantitative estimate of drug-likeness (QED) is 0.634. The minimum Gasteiger partial charge on any atom is -0.480 e. The van der Waals surface area contributed by atoms with Gasteiger partial charge in [-0.25, -0.2) is 4.98 Å². The fourth-order valence-electron chi connectivity index (χ4n) is 0.877. The molecular formula is C9H8N2O2. The summed E-state index contributed by atoms with van der Waals surface area (Å²) in [5, 5.41) is 8.62. The van der Waals surface area contributed by atoms with Gasteiger partial charge in [-0.15, -0.1) is 0 Å². The average molecular weight is 176 g/mol. The van der Waals surface area contributed by atoms with Crippen molar-refractivity contribution in [1.82, 2.24) is 4.98 Å². The molecule has 13 heavy (non-hydrogen) atoms. The highest BCUT2D eigenvalue weighted by Gasteiger charge is 2.07. The SMILES string of the molecule is COc1nc(C(C)=O)ccc1C#N. The van der Waals surface area contributed by atoms with Gasteiger partial charge in [0.2, 0.25) is 5.88 Å². The van der Waals surface area contributed by atoms with E-state index in [4.69, 9.17) is 10.00 Å². The monoisotopic (exact) mass is 176 g/mol. The molecule has 0 atom stereocenters. The Kier molecular flexibility index (Phi) is 2.60. The molecule has 4 heteroatoms. The number of hydrogen-bond donors (Lipinski definition) is 0. The lowest BCUT2D eigenvalue weighted by atomic mass is 10.2. The second kappa shape index (κ2) is 3.68. The van der Waals surface area contributed by atoms with E-state index in [1.54, 1.807) is 0 Å². The maximum atomic E-state index is 10.9. The molecule has 0 aliphatic carbocycles. The molecular weight excluding hydrogens is 168 g/mol. The van der Waals surface area contributed by atoms with Crippen molar-refractivity contribution >= 4 is 5.78 Å². The molecule has 0 aliphatic rings. The predicted molar refractivity (Wildman–Crippen MR) is 45.5 cm³/mol. The number of rotatable bonds is 2. The summed E-state index contributed by atoms with van der Waals surface area (Å²) >= 11 is 0. The van der Waals surface area contributed by atoms with E-state index in [0.717, 1.165) is 0 Å². The van der Waals surface area contributed by atoms with Gasteiger partial charge in [-0.1, -0.05) is 0 Å². The second-order valence-electron chi connectivity index (χ2n) is 2.42. The second-order valence-corrected chi connectivity index (χ2v) is 2.42. The number of aromatic nitrogens is 1. The average Bonchev–Trinajstić information content (AvgIpc) is 2.16. The molecule has 66 valence electrons. The van der Waals surface area contributed by atoms with E-state index in [0.29, 0.717) is 11.3 Å². The van der Waals surface area contributed by atoms with Crippen LogP contribution in [0.4, 0.5) is 0 Å². The van der Waals surface area contributed by atoms with Gasteiger partial charge in [0.05, 0.1) is 7.11 Å². The van der Waals surface area contributed by atoms with Crippen molar-refractivity contribution in [3.63, 3.8) is 0 Å². The van der Waals surface area contributed by atoms with Crippen LogP contribution in [0.2, 0.25) is 0 Å². The molecule has 0 fully saturated rings. The van der Waals surface area contributed by atoms with E-state index in [9.17, 15) is 4.79 Å². The third-order valence-corrected chi connectivity index (χ3v) is 1.53. The lowest BCUT2D eigenvalue weighted by molar-refractivity contribution is 0.101. The highest BCUT2D eigenvalue weighted by molar-refractivity contribution is 5.92. The van der Waals surface area contributed by atoms with Crippen molar-refractivity contribution in [2.45, 2.75) is 6.92 Å². The summed E-state index contributed by atoms with van der Waals surface area (Å²) in [5.41, 5.74) is 0.628. The van der Waals surface area contributed by atoms with E-state index >= 15 is 0 Å². The smallest absolute Gasteiger partial charge is 0.232 e. The normalized spacial score (nSPS) is 9.00. The fraction of sp³-hybridized carbons (Fsp3) is 0.222. The van der Waals surface area contributed by atoms with Crippen molar-refractivity contribution < 1.29 is 9.53 Å². The summed E-state index contributed by atoms with van der Waals surface area (Å²) in [6.07, 6.45) is 0. The number of hydrogen-bond acceptors (Lipinski definition) is 4. The molecule has 0 aromatic carbocycles. The van der Waals surface area contributed by atoms with Crippen molar-refractivity contribution in [3.8, 4) is 11.9 Å². The van der Waals surface area contributed by atoms with Crippen LogP contribution >= 0.6 is 0 Å². The summed E-state index contributed by atoms with van der Waals surface area (Å²) in [6.45, 7) is 1.41. The standard InChI is InChI=1S/C9H8N2O2/c1-6(12)8-4-3-7(5-10)9(11-8)13-2/h3-4H,1-2H3. The lowest BCUT2D eigenvalue weighted by Gasteiger charge is -2.01. The van der Waals surface area contributed by atoms with Crippen LogP contribution in [-0.2, 0) is 0 Å². The van der Waals surface area contributed by atoms with E-state index in [-0.39, 0.29) is 11.7 Å². The molecule has 0 bridgehead atoms. The van der Waals surface area contributed by atoms with Gasteiger partial charge in [0, 0.05) is 6.92 Å². The lowest BCUT2D eigenvalue weighted by Crippen LogP contribution is -2.00. The molecule has 1 rings (SSSR count). The largest absolute Gasteiger partial charge is 0.480 e. The van der Waals surface area contributed by atoms with Crippen LogP contribution in [0.15, 0.2) is 12.1 Å². The predicted octanol–water partition coefficient (Wildman–Crippen LogP) is 1.16. The molecule has 0 aliphatic heterocycles. The molecule has 4 nitrogen and oxygen atoms in total. The summed E-state index contributed by atoms with van der Waals surface area (Å²) < 4.78 is 4.84. The number of pyridine rings is 1. The summed E-state index contributed by atoms with van der Waals surface area (Å²) in [6, 6.07) is 4.93. The van der Waals surface area contributed by atoms with Crippen LogP contribution in [0.1, 0.15) is 23.0 Å². The Bertz CT molecular complexity index is 380. The van der Waals surface area contributed by atoms with Crippen molar-refractivity contribution in [2.24, 2.45) is 0 Å².